The summed E-state index contributed by atoms with van der Waals surface area (Å²) in [6.45, 7) is 3.97. The van der Waals surface area contributed by atoms with E-state index in [0.717, 1.165) is 23.2 Å². The number of nitrogen functional groups attached to an aromatic ring is 1. The zero-order chi connectivity index (χ0) is 13.8. The lowest BCUT2D eigenvalue weighted by atomic mass is 10.1. The van der Waals surface area contributed by atoms with Crippen LogP contribution in [0.5, 0.6) is 0 Å². The molecule has 4 nitrogen and oxygen atoms in total. The molecule has 1 aromatic carbocycles. The predicted molar refractivity (Wildman–Crippen MR) is 73.2 cm³/mol. The molecular weight excluding hydrogens is 243 g/mol. The number of benzene rings is 1. The minimum Gasteiger partial charge on any atom is -0.308 e. The normalized spacial score (nSPS) is 10.5. The predicted octanol–water partition coefficient (Wildman–Crippen LogP) is 2.36. The summed E-state index contributed by atoms with van der Waals surface area (Å²) >= 11 is 0. The summed E-state index contributed by atoms with van der Waals surface area (Å²) < 4.78 is 12.8. The Morgan fingerprint density at radius 3 is 2.47 bits per heavy atom. The highest BCUT2D eigenvalue weighted by molar-refractivity contribution is 5.45. The SMILES string of the molecule is CCc1c(C)nc(Cc2ccc(F)cc2)nc1NN. The first-order valence-electron chi connectivity index (χ1n) is 6.21. The summed E-state index contributed by atoms with van der Waals surface area (Å²) in [6, 6.07) is 6.34. The van der Waals surface area contributed by atoms with E-state index in [1.807, 2.05) is 13.8 Å². The van der Waals surface area contributed by atoms with E-state index < -0.39 is 0 Å². The van der Waals surface area contributed by atoms with Crippen molar-refractivity contribution in [3.05, 3.63) is 52.7 Å². The summed E-state index contributed by atoms with van der Waals surface area (Å²) in [7, 11) is 0. The van der Waals surface area contributed by atoms with Crippen LogP contribution in [0.4, 0.5) is 10.2 Å². The summed E-state index contributed by atoms with van der Waals surface area (Å²) in [4.78, 5) is 8.87. The van der Waals surface area contributed by atoms with Gasteiger partial charge in [-0.25, -0.2) is 20.2 Å². The van der Waals surface area contributed by atoms with Crippen molar-refractivity contribution in [2.45, 2.75) is 26.7 Å². The molecule has 0 saturated carbocycles. The van der Waals surface area contributed by atoms with Crippen LogP contribution in [0.2, 0.25) is 0 Å². The number of hydrogen-bond acceptors (Lipinski definition) is 4. The van der Waals surface area contributed by atoms with E-state index in [0.29, 0.717) is 18.1 Å². The number of nitrogens with two attached hydrogens (primary N) is 1. The smallest absolute Gasteiger partial charge is 0.147 e. The number of hydrazine groups is 1. The van der Waals surface area contributed by atoms with Gasteiger partial charge in [0.1, 0.15) is 17.5 Å². The first-order valence-corrected chi connectivity index (χ1v) is 6.21. The molecule has 0 aliphatic rings. The van der Waals surface area contributed by atoms with Gasteiger partial charge in [-0.2, -0.15) is 0 Å². The zero-order valence-electron chi connectivity index (χ0n) is 11.1. The van der Waals surface area contributed by atoms with Crippen molar-refractivity contribution in [1.82, 2.24) is 9.97 Å². The molecule has 0 aliphatic carbocycles. The lowest BCUT2D eigenvalue weighted by Gasteiger charge is -2.11. The van der Waals surface area contributed by atoms with E-state index in [1.54, 1.807) is 12.1 Å². The second kappa shape index (κ2) is 5.75. The molecule has 2 rings (SSSR count). The minimum absolute atomic E-state index is 0.244. The number of nitrogens with zero attached hydrogens (tertiary/aromatic N) is 2. The molecule has 2 aromatic rings. The fourth-order valence-electron chi connectivity index (χ4n) is 2.06. The monoisotopic (exact) mass is 260 g/mol. The Labute approximate surface area is 111 Å². The second-order valence-corrected chi connectivity index (χ2v) is 4.35. The van der Waals surface area contributed by atoms with Crippen LogP contribution in [0.1, 0.15) is 29.6 Å². The molecule has 100 valence electrons. The fraction of sp³-hybridized carbons (Fsp3) is 0.286. The average Bonchev–Trinajstić information content (AvgIpc) is 2.40. The van der Waals surface area contributed by atoms with E-state index >= 15 is 0 Å². The first-order chi connectivity index (χ1) is 9.13. The van der Waals surface area contributed by atoms with E-state index in [-0.39, 0.29) is 5.82 Å². The summed E-state index contributed by atoms with van der Waals surface area (Å²) in [5.41, 5.74) is 5.52. The van der Waals surface area contributed by atoms with Crippen LogP contribution in [-0.2, 0) is 12.8 Å². The van der Waals surface area contributed by atoms with Crippen LogP contribution in [-0.4, -0.2) is 9.97 Å². The van der Waals surface area contributed by atoms with Crippen LogP contribution in [0, 0.1) is 12.7 Å². The topological polar surface area (TPSA) is 63.8 Å². The quantitative estimate of drug-likeness (QED) is 0.654. The van der Waals surface area contributed by atoms with Crippen LogP contribution < -0.4 is 11.3 Å². The highest BCUT2D eigenvalue weighted by Gasteiger charge is 2.09. The molecule has 0 bridgehead atoms. The number of nitrogens with one attached hydrogen (secondary N) is 1. The zero-order valence-corrected chi connectivity index (χ0v) is 11.1. The summed E-state index contributed by atoms with van der Waals surface area (Å²) in [5, 5.41) is 0. The van der Waals surface area contributed by atoms with Crippen molar-refractivity contribution in [2.24, 2.45) is 5.84 Å². The maximum atomic E-state index is 12.8. The Kier molecular flexibility index (Phi) is 4.06. The maximum absolute atomic E-state index is 12.8. The number of anilines is 1. The Balaban J connectivity index is 2.30. The molecule has 0 amide bonds. The van der Waals surface area contributed by atoms with Gasteiger partial charge in [0.15, 0.2) is 0 Å². The molecule has 3 N–H and O–H groups in total. The van der Waals surface area contributed by atoms with Crippen molar-refractivity contribution >= 4 is 5.82 Å². The van der Waals surface area contributed by atoms with Gasteiger partial charge < -0.3 is 5.43 Å². The number of rotatable bonds is 4. The molecule has 1 heterocycles. The third kappa shape index (κ3) is 3.06. The summed E-state index contributed by atoms with van der Waals surface area (Å²) in [6.07, 6.45) is 1.38. The van der Waals surface area contributed by atoms with Gasteiger partial charge in [0, 0.05) is 17.7 Å². The van der Waals surface area contributed by atoms with Crippen molar-refractivity contribution < 1.29 is 4.39 Å². The molecule has 5 heteroatoms. The van der Waals surface area contributed by atoms with Crippen molar-refractivity contribution in [3.8, 4) is 0 Å². The van der Waals surface area contributed by atoms with Gasteiger partial charge in [-0.05, 0) is 31.0 Å². The largest absolute Gasteiger partial charge is 0.308 e. The fourth-order valence-corrected chi connectivity index (χ4v) is 2.06. The van der Waals surface area contributed by atoms with Gasteiger partial charge in [0.05, 0.1) is 0 Å². The molecule has 0 aliphatic heterocycles. The van der Waals surface area contributed by atoms with E-state index in [1.165, 1.54) is 12.1 Å². The molecule has 0 atom stereocenters. The maximum Gasteiger partial charge on any atom is 0.147 e. The molecule has 0 fully saturated rings. The van der Waals surface area contributed by atoms with E-state index in [9.17, 15) is 4.39 Å². The van der Waals surface area contributed by atoms with Gasteiger partial charge in [0.25, 0.3) is 0 Å². The van der Waals surface area contributed by atoms with Crippen LogP contribution >= 0.6 is 0 Å². The third-order valence-electron chi connectivity index (χ3n) is 3.03. The molecule has 0 saturated heterocycles. The Bertz CT molecular complexity index is 566. The molecule has 0 unspecified atom stereocenters. The first kappa shape index (κ1) is 13.4. The highest BCUT2D eigenvalue weighted by Crippen LogP contribution is 2.17. The number of hydrogen-bond donors (Lipinski definition) is 2. The minimum atomic E-state index is -0.244. The van der Waals surface area contributed by atoms with Gasteiger partial charge >= 0.3 is 0 Å². The molecular formula is C14H17FN4. The van der Waals surface area contributed by atoms with Gasteiger partial charge in [-0.1, -0.05) is 19.1 Å². The van der Waals surface area contributed by atoms with Gasteiger partial charge in [-0.15, -0.1) is 0 Å². The Morgan fingerprint density at radius 2 is 1.89 bits per heavy atom. The van der Waals surface area contributed by atoms with E-state index in [2.05, 4.69) is 15.4 Å². The third-order valence-corrected chi connectivity index (χ3v) is 3.03. The number of aryl methyl sites for hydroxylation is 1. The van der Waals surface area contributed by atoms with Crippen LogP contribution in [0.3, 0.4) is 0 Å². The van der Waals surface area contributed by atoms with Crippen LogP contribution in [0.25, 0.3) is 0 Å². The molecule has 1 aromatic heterocycles. The van der Waals surface area contributed by atoms with E-state index in [4.69, 9.17) is 5.84 Å². The average molecular weight is 260 g/mol. The summed E-state index contributed by atoms with van der Waals surface area (Å²) in [5.74, 6) is 6.58. The highest BCUT2D eigenvalue weighted by atomic mass is 19.1. The lowest BCUT2D eigenvalue weighted by molar-refractivity contribution is 0.627. The lowest BCUT2D eigenvalue weighted by Crippen LogP contribution is -2.14. The Hall–Kier alpha value is -2.01. The molecule has 19 heavy (non-hydrogen) atoms. The second-order valence-electron chi connectivity index (χ2n) is 4.35. The standard InChI is InChI=1S/C14H17FN4/c1-3-12-9(2)17-13(18-14(12)19-16)8-10-4-6-11(15)7-5-10/h4-7H,3,8,16H2,1-2H3,(H,17,18,19). The van der Waals surface area contributed by atoms with Gasteiger partial charge in [-0.3, -0.25) is 0 Å². The number of halogens is 1. The van der Waals surface area contributed by atoms with Crippen molar-refractivity contribution in [3.63, 3.8) is 0 Å². The van der Waals surface area contributed by atoms with Gasteiger partial charge in [0.2, 0.25) is 0 Å². The number of aromatic nitrogens is 2. The van der Waals surface area contributed by atoms with Crippen LogP contribution in [0.15, 0.2) is 24.3 Å². The molecule has 0 radical (unpaired) electrons. The molecule has 0 spiro atoms. The Morgan fingerprint density at radius 1 is 1.21 bits per heavy atom. The van der Waals surface area contributed by atoms with Crippen molar-refractivity contribution in [2.75, 3.05) is 5.43 Å². The van der Waals surface area contributed by atoms with Crippen molar-refractivity contribution in [1.29, 1.82) is 0 Å².